The largest absolute Gasteiger partial charge is 0.253 e. The molecular weight excluding hydrogens is 124 g/mol. The van der Waals surface area contributed by atoms with Crippen LogP contribution in [0, 0.1) is 6.07 Å². The second-order valence-corrected chi connectivity index (χ2v) is 1.96. The first-order valence-electron chi connectivity index (χ1n) is 3.04. The van der Waals surface area contributed by atoms with Crippen molar-refractivity contribution in [1.29, 1.82) is 0 Å². The molecule has 1 aromatic carbocycles. The zero-order valence-electron chi connectivity index (χ0n) is 5.28. The van der Waals surface area contributed by atoms with Crippen LogP contribution in [0.25, 0.3) is 11.0 Å². The summed E-state index contributed by atoms with van der Waals surface area (Å²) < 4.78 is 0. The number of para-hydroxylation sites is 1. The Morgan fingerprint density at radius 1 is 1.20 bits per heavy atom. The minimum atomic E-state index is 0.824. The van der Waals surface area contributed by atoms with Gasteiger partial charge in [0.2, 0.25) is 0 Å². The smallest absolute Gasteiger partial charge is 0.0965 e. The van der Waals surface area contributed by atoms with E-state index < -0.39 is 0 Å². The van der Waals surface area contributed by atoms with E-state index in [-0.39, 0.29) is 0 Å². The molecule has 1 heterocycles. The molecule has 0 fully saturated rings. The van der Waals surface area contributed by atoms with E-state index in [2.05, 4.69) is 16.0 Å². The van der Waals surface area contributed by atoms with Crippen molar-refractivity contribution in [2.75, 3.05) is 0 Å². The molecule has 0 spiro atoms. The van der Waals surface area contributed by atoms with Crippen LogP contribution in [0.3, 0.4) is 0 Å². The van der Waals surface area contributed by atoms with E-state index in [0.717, 1.165) is 11.0 Å². The first kappa shape index (κ1) is 5.35. The van der Waals surface area contributed by atoms with Crippen LogP contribution < -0.4 is 0 Å². The monoisotopic (exact) mass is 129 g/mol. The number of hydrogen-bond donors (Lipinski definition) is 0. The van der Waals surface area contributed by atoms with Gasteiger partial charge in [0.1, 0.15) is 0 Å². The molecule has 0 saturated heterocycles. The summed E-state index contributed by atoms with van der Waals surface area (Å²) in [5.74, 6) is 0. The van der Waals surface area contributed by atoms with E-state index >= 15 is 0 Å². The highest BCUT2D eigenvalue weighted by molar-refractivity contribution is 5.72. The third-order valence-corrected chi connectivity index (χ3v) is 1.30. The highest BCUT2D eigenvalue weighted by Crippen LogP contribution is 2.03. The van der Waals surface area contributed by atoms with Crippen LogP contribution in [0.15, 0.2) is 30.6 Å². The Morgan fingerprint density at radius 3 is 3.00 bits per heavy atom. The molecule has 0 amide bonds. The lowest BCUT2D eigenvalue weighted by atomic mass is 10.3. The van der Waals surface area contributed by atoms with Crippen molar-refractivity contribution in [3.05, 3.63) is 36.7 Å². The number of hydrogen-bond acceptors (Lipinski definition) is 2. The number of fused-ring (bicyclic) bond motifs is 1. The van der Waals surface area contributed by atoms with Crippen molar-refractivity contribution >= 4 is 11.0 Å². The Kier molecular flexibility index (Phi) is 1.10. The second-order valence-electron chi connectivity index (χ2n) is 1.96. The molecule has 1 radical (unpaired) electrons. The molecule has 0 aliphatic rings. The molecule has 0 atom stereocenters. The fourth-order valence-electron chi connectivity index (χ4n) is 0.848. The van der Waals surface area contributed by atoms with Crippen LogP contribution in [-0.2, 0) is 0 Å². The minimum absolute atomic E-state index is 0.824. The average molecular weight is 129 g/mol. The van der Waals surface area contributed by atoms with Crippen LogP contribution in [0.5, 0.6) is 0 Å². The molecule has 2 nitrogen and oxygen atoms in total. The third kappa shape index (κ3) is 0.739. The fourth-order valence-corrected chi connectivity index (χ4v) is 0.848. The number of aromatic nitrogens is 2. The maximum atomic E-state index is 4.09. The Balaban J connectivity index is 2.89. The second kappa shape index (κ2) is 2.06. The quantitative estimate of drug-likeness (QED) is 0.537. The van der Waals surface area contributed by atoms with Crippen LogP contribution in [0.4, 0.5) is 0 Å². The first-order valence-corrected chi connectivity index (χ1v) is 3.04. The SMILES string of the molecule is [c]1cccc2nccnc12. The average Bonchev–Trinajstić information content (AvgIpc) is 2.05. The molecule has 0 saturated carbocycles. The highest BCUT2D eigenvalue weighted by atomic mass is 14.8. The van der Waals surface area contributed by atoms with E-state index in [1.165, 1.54) is 0 Å². The van der Waals surface area contributed by atoms with Crippen molar-refractivity contribution in [1.82, 2.24) is 9.97 Å². The highest BCUT2D eigenvalue weighted by Gasteiger charge is 1.88. The fraction of sp³-hybridized carbons (Fsp3) is 0. The van der Waals surface area contributed by atoms with Crippen molar-refractivity contribution in [2.24, 2.45) is 0 Å². The number of nitrogens with zero attached hydrogens (tertiary/aromatic N) is 2. The van der Waals surface area contributed by atoms with Gasteiger partial charge in [-0.25, -0.2) is 0 Å². The lowest BCUT2D eigenvalue weighted by Crippen LogP contribution is -1.79. The molecule has 0 aliphatic heterocycles. The van der Waals surface area contributed by atoms with Gasteiger partial charge >= 0.3 is 0 Å². The molecule has 2 rings (SSSR count). The van der Waals surface area contributed by atoms with Gasteiger partial charge in [0.25, 0.3) is 0 Å². The van der Waals surface area contributed by atoms with Crippen LogP contribution in [0.2, 0.25) is 0 Å². The number of rotatable bonds is 0. The Hall–Kier alpha value is -1.44. The molecular formula is C8H5N2. The zero-order valence-corrected chi connectivity index (χ0v) is 5.28. The molecule has 47 valence electrons. The summed E-state index contributed by atoms with van der Waals surface area (Å²) in [5, 5.41) is 0. The van der Waals surface area contributed by atoms with Crippen molar-refractivity contribution in [3.63, 3.8) is 0 Å². The van der Waals surface area contributed by atoms with Gasteiger partial charge in [0.15, 0.2) is 0 Å². The summed E-state index contributed by atoms with van der Waals surface area (Å²) in [5.41, 5.74) is 1.72. The molecule has 0 aliphatic carbocycles. The molecule has 2 heteroatoms. The first-order chi connectivity index (χ1) is 4.97. The van der Waals surface area contributed by atoms with Gasteiger partial charge in [-0.05, 0) is 6.07 Å². The van der Waals surface area contributed by atoms with Crippen molar-refractivity contribution in [2.45, 2.75) is 0 Å². The predicted molar refractivity (Wildman–Crippen MR) is 38.4 cm³/mol. The zero-order chi connectivity index (χ0) is 6.81. The van der Waals surface area contributed by atoms with Crippen molar-refractivity contribution in [3.8, 4) is 0 Å². The van der Waals surface area contributed by atoms with Crippen LogP contribution >= 0.6 is 0 Å². The standard InChI is InChI=1S/C8H5N2/c1-2-4-8-7(3-1)9-5-6-10-8/h1-3,5-6H. The Morgan fingerprint density at radius 2 is 2.10 bits per heavy atom. The van der Waals surface area contributed by atoms with Gasteiger partial charge < -0.3 is 0 Å². The molecule has 0 N–H and O–H groups in total. The van der Waals surface area contributed by atoms with Gasteiger partial charge in [0, 0.05) is 18.5 Å². The van der Waals surface area contributed by atoms with E-state index in [9.17, 15) is 0 Å². The van der Waals surface area contributed by atoms with Gasteiger partial charge in [-0.1, -0.05) is 12.1 Å². The van der Waals surface area contributed by atoms with E-state index in [0.29, 0.717) is 0 Å². The summed E-state index contributed by atoms with van der Waals surface area (Å²) in [7, 11) is 0. The van der Waals surface area contributed by atoms with Gasteiger partial charge in [-0.15, -0.1) is 0 Å². The lowest BCUT2D eigenvalue weighted by Gasteiger charge is -1.90. The van der Waals surface area contributed by atoms with Crippen LogP contribution in [-0.4, -0.2) is 9.97 Å². The van der Waals surface area contributed by atoms with E-state index in [1.54, 1.807) is 12.4 Å². The molecule has 0 unspecified atom stereocenters. The lowest BCUT2D eigenvalue weighted by molar-refractivity contribution is 1.29. The maximum absolute atomic E-state index is 4.09. The summed E-state index contributed by atoms with van der Waals surface area (Å²) in [4.78, 5) is 8.15. The summed E-state index contributed by atoms with van der Waals surface area (Å²) >= 11 is 0. The molecule has 10 heavy (non-hydrogen) atoms. The van der Waals surface area contributed by atoms with Gasteiger partial charge in [-0.3, -0.25) is 9.97 Å². The van der Waals surface area contributed by atoms with Crippen LogP contribution in [0.1, 0.15) is 0 Å². The summed E-state index contributed by atoms with van der Waals surface area (Å²) in [6, 6.07) is 8.62. The topological polar surface area (TPSA) is 25.8 Å². The van der Waals surface area contributed by atoms with Crippen molar-refractivity contribution < 1.29 is 0 Å². The predicted octanol–water partition coefficient (Wildman–Crippen LogP) is 1.43. The number of benzene rings is 1. The summed E-state index contributed by atoms with van der Waals surface area (Å²) in [6.45, 7) is 0. The molecule has 1 aromatic heterocycles. The van der Waals surface area contributed by atoms with E-state index in [1.807, 2.05) is 18.2 Å². The van der Waals surface area contributed by atoms with Gasteiger partial charge in [0.05, 0.1) is 11.0 Å². The molecule has 0 bridgehead atoms. The summed E-state index contributed by atoms with van der Waals surface area (Å²) in [6.07, 6.45) is 3.34. The van der Waals surface area contributed by atoms with E-state index in [4.69, 9.17) is 0 Å². The minimum Gasteiger partial charge on any atom is -0.253 e. The van der Waals surface area contributed by atoms with Gasteiger partial charge in [-0.2, -0.15) is 0 Å². The Labute approximate surface area is 58.6 Å². The third-order valence-electron chi connectivity index (χ3n) is 1.30. The molecule has 2 aromatic rings. The Bertz CT molecular complexity index is 278. The normalized spacial score (nSPS) is 10.0. The maximum Gasteiger partial charge on any atom is 0.0965 e.